The summed E-state index contributed by atoms with van der Waals surface area (Å²) in [6, 6.07) is 0. The van der Waals surface area contributed by atoms with E-state index in [-0.39, 0.29) is 0 Å². The molecule has 1 atom stereocenters. The average molecular weight is 285 g/mol. The Kier molecular flexibility index (Phi) is 4.00. The van der Waals surface area contributed by atoms with Gasteiger partial charge in [-0.2, -0.15) is 4.36 Å². The summed E-state index contributed by atoms with van der Waals surface area (Å²) in [6.45, 7) is 0. The minimum atomic E-state index is -1.99. The summed E-state index contributed by atoms with van der Waals surface area (Å²) < 4.78 is 9.00. The molecule has 0 bridgehead atoms. The summed E-state index contributed by atoms with van der Waals surface area (Å²) in [7, 11) is 0.229. The Morgan fingerprint density at radius 3 is 2.58 bits per heavy atom. The quantitative estimate of drug-likeness (QED) is 0.390. The van der Waals surface area contributed by atoms with Gasteiger partial charge in [-0.05, 0) is 0 Å². The molecule has 0 fully saturated rings. The van der Waals surface area contributed by atoms with Crippen LogP contribution in [0, 0.1) is 0 Å². The SMILES string of the molecule is O=C(N=S1N=S=NS1)C(Cl)(Cl)Cl. The molecule has 0 aromatic heterocycles. The third kappa shape index (κ3) is 3.31. The Hall–Kier alpha value is 0.860. The smallest absolute Gasteiger partial charge is 0.267 e. The molecule has 10 heteroatoms. The van der Waals surface area contributed by atoms with E-state index in [1.165, 1.54) is 0 Å². The van der Waals surface area contributed by atoms with Gasteiger partial charge in [0.25, 0.3) is 3.79 Å². The maximum atomic E-state index is 10.9. The second-order valence-electron chi connectivity index (χ2n) is 1.43. The highest BCUT2D eigenvalue weighted by Gasteiger charge is 2.31. The van der Waals surface area contributed by atoms with Gasteiger partial charge < -0.3 is 0 Å². The van der Waals surface area contributed by atoms with Crippen molar-refractivity contribution < 1.29 is 4.79 Å². The first-order valence-corrected chi connectivity index (χ1v) is 6.62. The molecule has 1 heterocycles. The molecule has 0 radical (unpaired) electrons. The fourth-order valence-electron chi connectivity index (χ4n) is 0.253. The van der Waals surface area contributed by atoms with Crippen LogP contribution in [0.5, 0.6) is 0 Å². The van der Waals surface area contributed by atoms with Crippen LogP contribution < -0.4 is 0 Å². The van der Waals surface area contributed by atoms with Crippen molar-refractivity contribution in [1.29, 1.82) is 0 Å². The summed E-state index contributed by atoms with van der Waals surface area (Å²) >= 11 is 16.8. The Balaban J connectivity index is 2.69. The van der Waals surface area contributed by atoms with Gasteiger partial charge in [-0.15, -0.1) is 7.54 Å². The molecule has 4 nitrogen and oxygen atoms in total. The molecule has 12 heavy (non-hydrogen) atoms. The largest absolute Gasteiger partial charge is 0.306 e. The molecule has 0 aromatic rings. The number of halogens is 3. The van der Waals surface area contributed by atoms with Crippen LogP contribution in [0.15, 0.2) is 11.9 Å². The van der Waals surface area contributed by atoms with Gasteiger partial charge in [-0.3, -0.25) is 4.79 Å². The number of hydrogen-bond acceptors (Lipinski definition) is 3. The van der Waals surface area contributed by atoms with E-state index in [2.05, 4.69) is 11.9 Å². The maximum Gasteiger partial charge on any atom is 0.306 e. The molecule has 1 unspecified atom stereocenters. The van der Waals surface area contributed by atoms with Crippen LogP contribution >= 0.6 is 45.8 Å². The highest BCUT2D eigenvalue weighted by molar-refractivity contribution is 8.70. The van der Waals surface area contributed by atoms with Gasteiger partial charge in [-0.1, -0.05) is 34.8 Å². The lowest BCUT2D eigenvalue weighted by Gasteiger charge is -2.02. The van der Waals surface area contributed by atoms with Crippen molar-refractivity contribution >= 4 is 73.0 Å². The zero-order chi connectivity index (χ0) is 9.19. The van der Waals surface area contributed by atoms with Crippen molar-refractivity contribution in [2.75, 3.05) is 0 Å². The van der Waals surface area contributed by atoms with Crippen LogP contribution in [0.4, 0.5) is 0 Å². The molecule has 0 N–H and O–H groups in total. The first kappa shape index (κ1) is 10.9. The first-order valence-electron chi connectivity index (χ1n) is 2.32. The molecule has 1 aliphatic heterocycles. The van der Waals surface area contributed by atoms with E-state index in [0.717, 1.165) is 22.3 Å². The van der Waals surface area contributed by atoms with E-state index >= 15 is 0 Å². The van der Waals surface area contributed by atoms with E-state index in [1.807, 2.05) is 0 Å². The first-order chi connectivity index (χ1) is 5.50. The lowest BCUT2D eigenvalue weighted by Crippen LogP contribution is -2.15. The minimum Gasteiger partial charge on any atom is -0.267 e. The standard InChI is InChI=1S/C2Cl3N3OS3/c3-2(4,5)1(9)6-12-8-10-7-11-12. The Morgan fingerprint density at radius 1 is 1.50 bits per heavy atom. The molecule has 0 saturated carbocycles. The zero-order valence-electron chi connectivity index (χ0n) is 5.11. The van der Waals surface area contributed by atoms with Crippen molar-refractivity contribution in [3.05, 3.63) is 0 Å². The monoisotopic (exact) mass is 283 g/mol. The van der Waals surface area contributed by atoms with Crippen molar-refractivity contribution in [3.8, 4) is 0 Å². The molecule has 1 amide bonds. The van der Waals surface area contributed by atoms with Gasteiger partial charge in [0.2, 0.25) is 0 Å². The summed E-state index contributed by atoms with van der Waals surface area (Å²) in [4.78, 5) is 10.9. The van der Waals surface area contributed by atoms with Crippen LogP contribution in [0.25, 0.3) is 0 Å². The molecule has 68 valence electrons. The van der Waals surface area contributed by atoms with Gasteiger partial charge >= 0.3 is 5.91 Å². The predicted octanol–water partition coefficient (Wildman–Crippen LogP) is 2.63. The van der Waals surface area contributed by atoms with Crippen LogP contribution in [-0.2, 0) is 26.1 Å². The zero-order valence-corrected chi connectivity index (χ0v) is 9.83. The number of alkyl halides is 3. The number of nitrogens with zero attached hydrogens (tertiary/aromatic N) is 3. The summed E-state index contributed by atoms with van der Waals surface area (Å²) in [5.41, 5.74) is 0. The van der Waals surface area contributed by atoms with Crippen molar-refractivity contribution in [2.24, 2.45) is 11.9 Å². The highest BCUT2D eigenvalue weighted by atomic mass is 35.6. The van der Waals surface area contributed by atoms with Gasteiger partial charge in [-0.25, -0.2) is 0 Å². The topological polar surface area (TPSA) is 54.1 Å². The van der Waals surface area contributed by atoms with Gasteiger partial charge in [0, 0.05) is 0 Å². The third-order valence-electron chi connectivity index (χ3n) is 0.631. The number of carbonyl (C=O) groups is 1. The lowest BCUT2D eigenvalue weighted by molar-refractivity contribution is -0.116. The summed E-state index contributed by atoms with van der Waals surface area (Å²) in [6.07, 6.45) is 0. The van der Waals surface area contributed by atoms with Crippen LogP contribution in [0.2, 0.25) is 0 Å². The predicted molar refractivity (Wildman–Crippen MR) is 54.9 cm³/mol. The number of carbonyl (C=O) groups excluding carboxylic acids is 1. The normalized spacial score (nSPS) is 22.8. The number of hydrogen-bond donors (Lipinski definition) is 0. The molecular weight excluding hydrogens is 285 g/mol. The molecule has 1 aliphatic rings. The van der Waals surface area contributed by atoms with Crippen molar-refractivity contribution in [3.63, 3.8) is 0 Å². The molecule has 0 aromatic carbocycles. The molecular formula is C2Cl3N3OS3. The van der Waals surface area contributed by atoms with E-state index in [9.17, 15) is 4.79 Å². The van der Waals surface area contributed by atoms with Crippen LogP contribution in [0.1, 0.15) is 0 Å². The molecule has 1 rings (SSSR count). The average Bonchev–Trinajstić information content (AvgIpc) is 2.37. The van der Waals surface area contributed by atoms with Crippen molar-refractivity contribution in [1.82, 2.24) is 0 Å². The lowest BCUT2D eigenvalue weighted by atomic mass is 10.7. The Bertz CT molecular complexity index is 302. The Labute approximate surface area is 93.0 Å². The van der Waals surface area contributed by atoms with E-state index in [0.29, 0.717) is 0 Å². The minimum absolute atomic E-state index is 0.815. The number of rotatable bonds is 0. The Morgan fingerprint density at radius 2 is 2.17 bits per heavy atom. The third-order valence-corrected chi connectivity index (χ3v) is 4.58. The van der Waals surface area contributed by atoms with Gasteiger partial charge in [0.15, 0.2) is 0 Å². The van der Waals surface area contributed by atoms with Crippen LogP contribution in [-0.4, -0.2) is 9.70 Å². The van der Waals surface area contributed by atoms with E-state index < -0.39 is 19.6 Å². The second kappa shape index (κ2) is 4.39. The summed E-state index contributed by atoms with van der Waals surface area (Å²) in [5, 5.41) is 0. The molecule has 0 spiro atoms. The second-order valence-corrected chi connectivity index (χ2v) is 7.20. The van der Waals surface area contributed by atoms with Crippen LogP contribution in [0.3, 0.4) is 0 Å². The molecule has 0 saturated heterocycles. The highest BCUT2D eigenvalue weighted by Crippen LogP contribution is 2.29. The fourth-order valence-corrected chi connectivity index (χ4v) is 3.52. The van der Waals surface area contributed by atoms with Gasteiger partial charge in [0.1, 0.15) is 9.91 Å². The number of amides is 1. The van der Waals surface area contributed by atoms with E-state index in [1.54, 1.807) is 0 Å². The van der Waals surface area contributed by atoms with Gasteiger partial charge in [0.05, 0.1) is 22.3 Å². The maximum absolute atomic E-state index is 10.9. The fraction of sp³-hybridized carbons (Fsp3) is 0.500. The van der Waals surface area contributed by atoms with Crippen molar-refractivity contribution in [2.45, 2.75) is 3.79 Å². The van der Waals surface area contributed by atoms with E-state index in [4.69, 9.17) is 34.8 Å². The molecule has 0 aliphatic carbocycles. The summed E-state index contributed by atoms with van der Waals surface area (Å²) in [5.74, 6) is -0.815.